The first kappa shape index (κ1) is 26.2. The van der Waals surface area contributed by atoms with Gasteiger partial charge in [-0.1, -0.05) is 23.7 Å². The molecule has 0 bridgehead atoms. The number of methoxy groups -OCH3 is 1. The highest BCUT2D eigenvalue weighted by Crippen LogP contribution is 2.36. The van der Waals surface area contributed by atoms with E-state index in [9.17, 15) is 17.6 Å². The van der Waals surface area contributed by atoms with Crippen molar-refractivity contribution in [1.29, 1.82) is 0 Å². The van der Waals surface area contributed by atoms with Crippen molar-refractivity contribution in [3.05, 3.63) is 99.1 Å². The minimum atomic E-state index is -4.44. The number of ether oxygens (including phenoxy) is 2. The van der Waals surface area contributed by atoms with Crippen LogP contribution in [-0.2, 0) is 21.4 Å². The van der Waals surface area contributed by atoms with Crippen LogP contribution in [0.5, 0.6) is 11.5 Å². The maximum absolute atomic E-state index is 14.1. The first-order valence-electron chi connectivity index (χ1n) is 11.7. The molecule has 1 fully saturated rings. The molecular formula is C27H24ClFN2O6S. The molecule has 198 valence electrons. The zero-order valence-electron chi connectivity index (χ0n) is 20.5. The molecule has 11 heteroatoms. The van der Waals surface area contributed by atoms with E-state index in [2.05, 4.69) is 5.32 Å². The van der Waals surface area contributed by atoms with E-state index in [1.165, 1.54) is 0 Å². The van der Waals surface area contributed by atoms with E-state index in [-0.39, 0.29) is 35.6 Å². The van der Waals surface area contributed by atoms with Gasteiger partial charge >= 0.3 is 10.1 Å². The van der Waals surface area contributed by atoms with Crippen LogP contribution in [0.15, 0.2) is 76.4 Å². The summed E-state index contributed by atoms with van der Waals surface area (Å²) in [5.74, 6) is -0.0724. The molecule has 2 heterocycles. The number of hydrogen-bond donors (Lipinski definition) is 1. The van der Waals surface area contributed by atoms with Crippen molar-refractivity contribution < 1.29 is 26.5 Å². The van der Waals surface area contributed by atoms with Gasteiger partial charge in [-0.3, -0.25) is 10.1 Å². The molecule has 0 radical (unpaired) electrons. The molecular weight excluding hydrogens is 535 g/mol. The Morgan fingerprint density at radius 1 is 1.11 bits per heavy atom. The van der Waals surface area contributed by atoms with Gasteiger partial charge in [0, 0.05) is 10.4 Å². The smallest absolute Gasteiger partial charge is 0.339 e. The number of benzene rings is 3. The van der Waals surface area contributed by atoms with Crippen LogP contribution in [0.25, 0.3) is 10.9 Å². The van der Waals surface area contributed by atoms with Crippen LogP contribution in [-0.4, -0.2) is 32.9 Å². The molecule has 1 aliphatic heterocycles. The molecule has 4 aromatic rings. The van der Waals surface area contributed by atoms with E-state index < -0.39 is 27.5 Å². The maximum Gasteiger partial charge on any atom is 0.339 e. The van der Waals surface area contributed by atoms with Gasteiger partial charge in [-0.15, -0.1) is 0 Å². The fraction of sp³-hybridized carbons (Fsp3) is 0.222. The first-order chi connectivity index (χ1) is 18.2. The lowest BCUT2D eigenvalue weighted by atomic mass is 10.0. The maximum atomic E-state index is 14.1. The monoisotopic (exact) mass is 558 g/mol. The van der Waals surface area contributed by atoms with Crippen molar-refractivity contribution in [3.8, 4) is 11.5 Å². The number of pyridine rings is 1. The Bertz CT molecular complexity index is 1660. The summed E-state index contributed by atoms with van der Waals surface area (Å²) in [6.07, 6.45) is -0.369. The Hall–Kier alpha value is -3.44. The minimum absolute atomic E-state index is 0.0864. The molecule has 0 spiro atoms. The number of fused-ring (bicyclic) bond motifs is 1. The normalized spacial score (nSPS) is 17.6. The lowest BCUT2D eigenvalue weighted by molar-refractivity contribution is 0.115. The molecule has 1 aliphatic rings. The van der Waals surface area contributed by atoms with Gasteiger partial charge in [0.2, 0.25) is 0 Å². The summed E-state index contributed by atoms with van der Waals surface area (Å²) in [4.78, 5) is 13.8. The Kier molecular flexibility index (Phi) is 7.15. The third-order valence-electron chi connectivity index (χ3n) is 6.31. The summed E-state index contributed by atoms with van der Waals surface area (Å²) in [6, 6.07) is 15.7. The highest BCUT2D eigenvalue weighted by atomic mass is 35.5. The standard InChI is InChI=1S/C27H24ClFN2O6S/c1-16-30-23(15-36-16)25-26(37-38(33,34)21-10-6-19(29)7-11-21)22-13-18(28)5-12-24(22)31(27(25)32)14-17-3-8-20(35-2)9-4-17/h3-13,16,23,30H,14-15H2,1-2H3. The Morgan fingerprint density at radius 3 is 2.45 bits per heavy atom. The molecule has 1 saturated heterocycles. The highest BCUT2D eigenvalue weighted by Gasteiger charge is 2.33. The van der Waals surface area contributed by atoms with Gasteiger partial charge < -0.3 is 18.2 Å². The van der Waals surface area contributed by atoms with Gasteiger partial charge in [0.1, 0.15) is 22.7 Å². The predicted octanol–water partition coefficient (Wildman–Crippen LogP) is 4.63. The molecule has 1 aromatic heterocycles. The minimum Gasteiger partial charge on any atom is -0.497 e. The van der Waals surface area contributed by atoms with Crippen LogP contribution in [0.2, 0.25) is 5.02 Å². The van der Waals surface area contributed by atoms with E-state index >= 15 is 0 Å². The Balaban J connectivity index is 1.73. The number of hydrogen-bond acceptors (Lipinski definition) is 7. The van der Waals surface area contributed by atoms with E-state index in [0.717, 1.165) is 29.8 Å². The molecule has 3 aromatic carbocycles. The van der Waals surface area contributed by atoms with Crippen molar-refractivity contribution >= 4 is 32.6 Å². The summed E-state index contributed by atoms with van der Waals surface area (Å²) in [5.41, 5.74) is 0.889. The van der Waals surface area contributed by atoms with Crippen LogP contribution >= 0.6 is 11.6 Å². The average Bonchev–Trinajstić information content (AvgIpc) is 3.32. The molecule has 38 heavy (non-hydrogen) atoms. The van der Waals surface area contributed by atoms with Crippen molar-refractivity contribution in [3.63, 3.8) is 0 Å². The zero-order valence-corrected chi connectivity index (χ0v) is 22.1. The second-order valence-electron chi connectivity index (χ2n) is 8.83. The number of nitrogens with one attached hydrogen (secondary N) is 1. The fourth-order valence-electron chi connectivity index (χ4n) is 4.44. The van der Waals surface area contributed by atoms with Crippen molar-refractivity contribution in [2.24, 2.45) is 0 Å². The van der Waals surface area contributed by atoms with E-state index in [1.807, 2.05) is 12.1 Å². The number of rotatable bonds is 7. The zero-order chi connectivity index (χ0) is 27.0. The molecule has 0 amide bonds. The fourth-order valence-corrected chi connectivity index (χ4v) is 5.57. The number of aromatic nitrogens is 1. The Labute approximate surface area is 223 Å². The van der Waals surface area contributed by atoms with Gasteiger partial charge in [-0.2, -0.15) is 8.42 Å². The topological polar surface area (TPSA) is 95.9 Å². The summed E-state index contributed by atoms with van der Waals surface area (Å²) < 4.78 is 58.1. The summed E-state index contributed by atoms with van der Waals surface area (Å²) in [5, 5.41) is 3.81. The van der Waals surface area contributed by atoms with Crippen LogP contribution in [0.4, 0.5) is 4.39 Å². The van der Waals surface area contributed by atoms with Crippen molar-refractivity contribution in [2.45, 2.75) is 30.6 Å². The molecule has 8 nitrogen and oxygen atoms in total. The van der Waals surface area contributed by atoms with E-state index in [0.29, 0.717) is 21.7 Å². The third-order valence-corrected chi connectivity index (χ3v) is 7.78. The third kappa shape index (κ3) is 5.12. The summed E-state index contributed by atoms with van der Waals surface area (Å²) >= 11 is 6.33. The largest absolute Gasteiger partial charge is 0.497 e. The van der Waals surface area contributed by atoms with Gasteiger partial charge in [0.15, 0.2) is 5.75 Å². The molecule has 2 unspecified atom stereocenters. The van der Waals surface area contributed by atoms with Crippen LogP contribution < -0.4 is 19.8 Å². The van der Waals surface area contributed by atoms with Gasteiger partial charge in [0.25, 0.3) is 5.56 Å². The summed E-state index contributed by atoms with van der Waals surface area (Å²) in [6.45, 7) is 2.10. The molecule has 0 aliphatic carbocycles. The van der Waals surface area contributed by atoms with Gasteiger partial charge in [-0.05, 0) is 67.1 Å². The predicted molar refractivity (Wildman–Crippen MR) is 141 cm³/mol. The second kappa shape index (κ2) is 10.4. The Morgan fingerprint density at radius 2 is 1.82 bits per heavy atom. The molecule has 5 rings (SSSR count). The molecule has 1 N–H and O–H groups in total. The summed E-state index contributed by atoms with van der Waals surface area (Å²) in [7, 11) is -2.87. The number of nitrogens with zero attached hydrogens (tertiary/aromatic N) is 1. The van der Waals surface area contributed by atoms with Crippen LogP contribution in [0.1, 0.15) is 24.1 Å². The second-order valence-corrected chi connectivity index (χ2v) is 10.8. The van der Waals surface area contributed by atoms with Crippen LogP contribution in [0, 0.1) is 5.82 Å². The van der Waals surface area contributed by atoms with E-state index in [1.54, 1.807) is 48.9 Å². The lowest BCUT2D eigenvalue weighted by Gasteiger charge is -2.21. The molecule has 2 atom stereocenters. The van der Waals surface area contributed by atoms with Gasteiger partial charge in [0.05, 0.1) is 37.4 Å². The highest BCUT2D eigenvalue weighted by molar-refractivity contribution is 7.87. The van der Waals surface area contributed by atoms with Gasteiger partial charge in [-0.25, -0.2) is 4.39 Å². The molecule has 0 saturated carbocycles. The number of halogens is 2. The van der Waals surface area contributed by atoms with E-state index in [4.69, 9.17) is 25.3 Å². The lowest BCUT2D eigenvalue weighted by Crippen LogP contribution is -2.33. The van der Waals surface area contributed by atoms with Crippen LogP contribution in [0.3, 0.4) is 0 Å². The SMILES string of the molecule is COc1ccc(Cn2c(=O)c(C3COC(C)N3)c(OS(=O)(=O)c3ccc(F)cc3)c3cc(Cl)ccc32)cc1. The van der Waals surface area contributed by atoms with Crippen molar-refractivity contribution in [1.82, 2.24) is 9.88 Å². The first-order valence-corrected chi connectivity index (χ1v) is 13.5. The quantitative estimate of drug-likeness (QED) is 0.331. The van der Waals surface area contributed by atoms with Crippen molar-refractivity contribution in [2.75, 3.05) is 13.7 Å². The average molecular weight is 559 g/mol.